The van der Waals surface area contributed by atoms with Crippen LogP contribution in [0.5, 0.6) is 5.75 Å². The molecule has 15 atom stereocenters. The minimum absolute atomic E-state index is 0.0769. The number of phenolic OH excluding ortho intramolecular Hbond substituents is 1. The van der Waals surface area contributed by atoms with Crippen molar-refractivity contribution < 1.29 is 122 Å². The largest absolute Gasteiger partial charge is 0.508 e. The molecule has 3 fully saturated rings. The number of primary amides is 1. The second-order valence-electron chi connectivity index (χ2n) is 34.0. The molecule has 133 heavy (non-hydrogen) atoms. The standard InChI is InChI=1S/C89H122N18O25S/c1-9-11-22-67-82(125)96-59(30-32-74(115)116)79(122)102-66(77(120)93-42-71(90)111)45-133-46-72(112)94-62(35-49-25-27-52(109)28-26-49)85(128)103(6)48(5)76(119)98-64(39-75(117)118)87(130)106-33-17-24-68(106)83(126)101-65(44-108)81(124)99-61(34-47(3)4)88(131)107-43-53(110)38-70(107)84(127)97-60(36-50-40-91-56-20-15-13-18-54(50)56)80(123)95-58(29-31-73(113)114)78(121)100-63(37-51-41-92-57-21-16-14-19-55(51)57)86(129)105(8)69(23-12-10-2)89(132)104(67)7/h13-16,18-21,25-28,40-41,47-48,53,58-70,91-92,108-110H,9-12,17,22-24,29-39,42-46H2,1-8H3,(H2,90,111)(H,93,120)(H,94,112)(H,95,123)(H,96,125)(H,97,127)(H,98,119)(H,99,124)(H,100,121)(H,101,126)(H,102,122)(H,113,114)(H,115,116)(H,117,118)/t48-,53+,58-,59-,60-,61-,62-,63-,64+,65-,66-,67-,68-,69-,70-/m0/s1. The van der Waals surface area contributed by atoms with Crippen LogP contribution in [-0.4, -0.2) is 327 Å². The Labute approximate surface area is 770 Å². The zero-order valence-electron chi connectivity index (χ0n) is 75.5. The van der Waals surface area contributed by atoms with Crippen LogP contribution in [0.2, 0.25) is 0 Å². The molecular formula is C89H122N18O25S. The van der Waals surface area contributed by atoms with Gasteiger partial charge in [0, 0.05) is 113 Å². The Morgan fingerprint density at radius 1 is 0.519 bits per heavy atom. The SMILES string of the molecule is CCCC[C@H]1C(=O)N(C)[C@@H](CCCC)C(=O)N[C@@H](CCC(=O)O)C(=O)N[C@H](C(=O)NCC(N)=O)CSCC(=O)N[C@@H](Cc2ccc(O)cc2)C(=O)N(C)[C@@H](C)C(=O)N[C@H](CC(=O)O)C(=O)N2CCC[C@H]2C(=O)N[C@@H](CO)C(=O)N[C@@H](CC(C)C)C(=O)N2C[C@H](O)C[C@H]2C(=O)N[C@@H](Cc2c[nH]c3ccccc23)C(=O)N[C@@H](CCC(=O)O)C(=O)N[C@@H](Cc2c[nH]c3ccccc23)C(=O)N1C. The van der Waals surface area contributed by atoms with E-state index in [1.54, 1.807) is 88.6 Å². The van der Waals surface area contributed by atoms with Gasteiger partial charge < -0.3 is 124 Å². The smallest absolute Gasteiger partial charge is 0.305 e. The predicted octanol–water partition coefficient (Wildman–Crippen LogP) is -1.83. The second kappa shape index (κ2) is 49.8. The van der Waals surface area contributed by atoms with Crippen LogP contribution in [0.1, 0.15) is 148 Å². The highest BCUT2D eigenvalue weighted by molar-refractivity contribution is 8.00. The molecule has 0 bridgehead atoms. The lowest BCUT2D eigenvalue weighted by molar-refractivity contribution is -0.149. The number of rotatable bonds is 26. The summed E-state index contributed by atoms with van der Waals surface area (Å²) in [5, 5.41) is 89.2. The van der Waals surface area contributed by atoms with Crippen LogP contribution in [0.4, 0.5) is 0 Å². The van der Waals surface area contributed by atoms with Gasteiger partial charge in [0.25, 0.3) is 0 Å². The Morgan fingerprint density at radius 2 is 1.01 bits per heavy atom. The molecule has 3 aliphatic rings. The minimum atomic E-state index is -1.94. The van der Waals surface area contributed by atoms with Crippen LogP contribution in [0.25, 0.3) is 21.8 Å². The number of nitrogens with one attached hydrogen (secondary N) is 12. The number of aliphatic hydroxyl groups is 2. The van der Waals surface area contributed by atoms with E-state index in [0.29, 0.717) is 63.1 Å². The van der Waals surface area contributed by atoms with Crippen molar-refractivity contribution in [3.05, 3.63) is 102 Å². The maximum Gasteiger partial charge on any atom is 0.305 e. The highest BCUT2D eigenvalue weighted by Gasteiger charge is 2.47. The lowest BCUT2D eigenvalue weighted by atomic mass is 9.99. The number of nitrogens with zero attached hydrogens (tertiary/aromatic N) is 5. The van der Waals surface area contributed by atoms with Gasteiger partial charge in [0.05, 0.1) is 31.4 Å². The highest BCUT2D eigenvalue weighted by Crippen LogP contribution is 2.28. The maximum absolute atomic E-state index is 15.8. The molecule has 3 aromatic carbocycles. The number of fused-ring (bicyclic) bond motifs is 4. The van der Waals surface area contributed by atoms with E-state index in [9.17, 15) is 88.2 Å². The van der Waals surface area contributed by atoms with Gasteiger partial charge in [-0.1, -0.05) is 102 Å². The predicted molar refractivity (Wildman–Crippen MR) is 481 cm³/mol. The molecule has 0 unspecified atom stereocenters. The molecule has 5 heterocycles. The molecule has 8 rings (SSSR count). The fourth-order valence-electron chi connectivity index (χ4n) is 16.2. The van der Waals surface area contributed by atoms with E-state index in [4.69, 9.17) is 5.73 Å². The van der Waals surface area contributed by atoms with Crippen LogP contribution in [0, 0.1) is 5.92 Å². The number of carbonyl (C=O) groups is 19. The van der Waals surface area contributed by atoms with E-state index >= 15 is 33.6 Å². The summed E-state index contributed by atoms with van der Waals surface area (Å²) >= 11 is 0.682. The molecule has 5 aromatic rings. The zero-order chi connectivity index (χ0) is 97.8. The number of likely N-dealkylation sites (N-methyl/N-ethyl adjacent to an activating group) is 3. The van der Waals surface area contributed by atoms with E-state index in [2.05, 4.69) is 63.1 Å². The molecule has 0 saturated carbocycles. The van der Waals surface area contributed by atoms with Crippen molar-refractivity contribution >= 4 is 146 Å². The third kappa shape index (κ3) is 29.6. The molecule has 2 aromatic heterocycles. The normalized spacial score (nSPS) is 25.0. The summed E-state index contributed by atoms with van der Waals surface area (Å²) in [6.45, 7) is 5.51. The van der Waals surface area contributed by atoms with E-state index < -0.39 is 279 Å². The third-order valence-corrected chi connectivity index (χ3v) is 24.7. The Morgan fingerprint density at radius 3 is 1.58 bits per heavy atom. The number of benzene rings is 3. The topological polar surface area (TPSA) is 640 Å². The van der Waals surface area contributed by atoms with Gasteiger partial charge in [-0.15, -0.1) is 11.8 Å². The van der Waals surface area contributed by atoms with Gasteiger partial charge in [-0.2, -0.15) is 0 Å². The number of phenols is 1. The van der Waals surface area contributed by atoms with Crippen molar-refractivity contribution in [1.29, 1.82) is 0 Å². The average molecular weight is 1880 g/mol. The van der Waals surface area contributed by atoms with Crippen LogP contribution in [0.15, 0.2) is 85.2 Å². The number of aromatic nitrogens is 2. The molecule has 0 spiro atoms. The molecular weight excluding hydrogens is 1750 g/mol. The summed E-state index contributed by atoms with van der Waals surface area (Å²) in [6.07, 6.45) is -2.67. The molecule has 0 aliphatic carbocycles. The van der Waals surface area contributed by atoms with E-state index in [0.717, 1.165) is 31.5 Å². The van der Waals surface area contributed by atoms with Crippen molar-refractivity contribution in [3.8, 4) is 5.75 Å². The number of hydrogen-bond donors (Lipinski definition) is 19. The van der Waals surface area contributed by atoms with Gasteiger partial charge in [0.2, 0.25) is 94.5 Å². The van der Waals surface area contributed by atoms with Crippen LogP contribution < -0.4 is 58.9 Å². The summed E-state index contributed by atoms with van der Waals surface area (Å²) < 4.78 is 0. The summed E-state index contributed by atoms with van der Waals surface area (Å²) in [5.74, 6) is -22.8. The number of carboxylic acid groups (broad SMARTS) is 3. The molecule has 0 radical (unpaired) electrons. The summed E-state index contributed by atoms with van der Waals surface area (Å²) in [5.41, 5.74) is 7.80. The quantitative estimate of drug-likeness (QED) is 0.0290. The fourth-order valence-corrected chi connectivity index (χ4v) is 17.1. The van der Waals surface area contributed by atoms with Gasteiger partial charge in [0.1, 0.15) is 90.3 Å². The number of aliphatic hydroxyl groups excluding tert-OH is 2. The van der Waals surface area contributed by atoms with Crippen molar-refractivity contribution in [1.82, 2.24) is 87.6 Å². The van der Waals surface area contributed by atoms with Gasteiger partial charge in [0.15, 0.2) is 0 Å². The first-order valence-electron chi connectivity index (χ1n) is 44.2. The van der Waals surface area contributed by atoms with Crippen molar-refractivity contribution in [3.63, 3.8) is 0 Å². The number of aromatic hydroxyl groups is 1. The summed E-state index contributed by atoms with van der Waals surface area (Å²) in [4.78, 5) is 284. The summed E-state index contributed by atoms with van der Waals surface area (Å²) in [6, 6.07) is -4.23. The number of unbranched alkanes of at least 4 members (excludes halogenated alkanes) is 2. The lowest BCUT2D eigenvalue weighted by Gasteiger charge is -2.36. The second-order valence-corrected chi connectivity index (χ2v) is 35.0. The first kappa shape index (κ1) is 105. The Hall–Kier alpha value is -13.3. The fraction of sp³-hybridized carbons (Fsp3) is 0.539. The van der Waals surface area contributed by atoms with Crippen LogP contribution in [-0.2, 0) is 110 Å². The molecule has 43 nitrogen and oxygen atoms in total. The number of aliphatic carboxylic acids is 3. The molecule has 20 N–H and O–H groups in total. The van der Waals surface area contributed by atoms with Crippen molar-refractivity contribution in [2.24, 2.45) is 11.7 Å². The van der Waals surface area contributed by atoms with Crippen molar-refractivity contribution in [2.45, 2.75) is 241 Å². The van der Waals surface area contributed by atoms with E-state index in [1.807, 2.05) is 0 Å². The van der Waals surface area contributed by atoms with Crippen LogP contribution >= 0.6 is 11.8 Å². The minimum Gasteiger partial charge on any atom is -0.508 e. The molecule has 44 heteroatoms. The van der Waals surface area contributed by atoms with Crippen LogP contribution in [0.3, 0.4) is 0 Å². The highest BCUT2D eigenvalue weighted by atomic mass is 32.2. The average Bonchev–Trinajstić information content (AvgIpc) is 1.72. The number of hydrogen-bond acceptors (Lipinski definition) is 23. The van der Waals surface area contributed by atoms with Gasteiger partial charge in [-0.25, -0.2) is 0 Å². The number of H-pyrrole nitrogens is 2. The Bertz CT molecular complexity index is 5050. The number of amides is 16. The number of nitrogens with two attached hydrogens (primary N) is 1. The number of carbonyl (C=O) groups excluding carboxylic acids is 16. The number of carboxylic acids is 3. The first-order valence-corrected chi connectivity index (χ1v) is 45.4. The van der Waals surface area contributed by atoms with Gasteiger partial charge in [-0.05, 0) is 98.7 Å². The van der Waals surface area contributed by atoms with E-state index in [1.165, 1.54) is 45.3 Å². The number of para-hydroxylation sites is 2. The number of thioether (sulfide) groups is 1. The van der Waals surface area contributed by atoms with E-state index in [-0.39, 0.29) is 76.5 Å². The monoisotopic (exact) mass is 1870 g/mol. The molecule has 3 aliphatic heterocycles. The Balaban J connectivity index is 1.20. The van der Waals surface area contributed by atoms with Crippen molar-refractivity contribution in [2.75, 3.05) is 58.9 Å². The zero-order valence-corrected chi connectivity index (χ0v) is 76.3. The first-order chi connectivity index (χ1) is 63.1. The molecule has 16 amide bonds. The maximum atomic E-state index is 15.8. The van der Waals surface area contributed by atoms with Gasteiger partial charge in [-0.3, -0.25) is 91.1 Å². The summed E-state index contributed by atoms with van der Waals surface area (Å²) in [7, 11) is 3.71. The molecule has 3 saturated heterocycles. The lowest BCUT2D eigenvalue weighted by Crippen LogP contribution is -2.61. The number of aromatic amines is 2. The third-order valence-electron chi connectivity index (χ3n) is 23.6. The van der Waals surface area contributed by atoms with Gasteiger partial charge >= 0.3 is 17.9 Å². The molecule has 724 valence electrons. The Kier molecular flexibility index (Phi) is 39.4.